The number of aromatic nitrogens is 1. The molecule has 0 bridgehead atoms. The number of thiazole rings is 1. The molecule has 2 aliphatic rings. The zero-order valence-electron chi connectivity index (χ0n) is 11.9. The van der Waals surface area contributed by atoms with Gasteiger partial charge in [-0.1, -0.05) is 11.6 Å². The van der Waals surface area contributed by atoms with Crippen molar-refractivity contribution in [2.24, 2.45) is 0 Å². The van der Waals surface area contributed by atoms with Gasteiger partial charge in [0, 0.05) is 4.88 Å². The largest absolute Gasteiger partial charge is 0.308 e. The van der Waals surface area contributed by atoms with Crippen molar-refractivity contribution in [2.45, 2.75) is 64.3 Å². The van der Waals surface area contributed by atoms with Crippen LogP contribution in [-0.2, 0) is 12.8 Å². The minimum atomic E-state index is 0.414. The zero-order chi connectivity index (χ0) is 13.1. The van der Waals surface area contributed by atoms with Crippen molar-refractivity contribution in [1.29, 1.82) is 0 Å². The Kier molecular flexibility index (Phi) is 4.34. The van der Waals surface area contributed by atoms with Gasteiger partial charge >= 0.3 is 0 Å². The van der Waals surface area contributed by atoms with E-state index in [-0.39, 0.29) is 0 Å². The molecule has 0 unspecified atom stereocenters. The van der Waals surface area contributed by atoms with Gasteiger partial charge in [-0.2, -0.15) is 0 Å². The summed E-state index contributed by atoms with van der Waals surface area (Å²) in [5.74, 6) is 0. The van der Waals surface area contributed by atoms with E-state index in [2.05, 4.69) is 18.3 Å². The maximum absolute atomic E-state index is 4.84. The number of fused-ring (bicyclic) bond motifs is 1. The van der Waals surface area contributed by atoms with E-state index in [1.54, 1.807) is 10.5 Å². The second kappa shape index (κ2) is 6.19. The lowest BCUT2D eigenvalue weighted by Gasteiger charge is -2.11. The van der Waals surface area contributed by atoms with E-state index in [9.17, 15) is 0 Å². The molecule has 19 heavy (non-hydrogen) atoms. The van der Waals surface area contributed by atoms with E-state index in [1.807, 2.05) is 11.3 Å². The first-order chi connectivity index (χ1) is 9.33. The normalized spacial score (nSPS) is 20.2. The molecular formula is C16H24N2S. The Hall–Kier alpha value is -0.670. The van der Waals surface area contributed by atoms with Crippen LogP contribution in [0, 0.1) is 0 Å². The van der Waals surface area contributed by atoms with E-state index < -0.39 is 0 Å². The summed E-state index contributed by atoms with van der Waals surface area (Å²) in [4.78, 5) is 6.39. The third kappa shape index (κ3) is 3.26. The lowest BCUT2D eigenvalue weighted by atomic mass is 10.0. The molecule has 0 aliphatic heterocycles. The van der Waals surface area contributed by atoms with E-state index in [1.165, 1.54) is 62.1 Å². The summed E-state index contributed by atoms with van der Waals surface area (Å²) in [6.45, 7) is 3.35. The molecule has 0 radical (unpaired) electrons. The van der Waals surface area contributed by atoms with Crippen LogP contribution in [0.3, 0.4) is 0 Å². The van der Waals surface area contributed by atoms with Gasteiger partial charge in [-0.25, -0.2) is 4.98 Å². The number of allylic oxidation sites excluding steroid dienone is 1. The topological polar surface area (TPSA) is 24.9 Å². The molecule has 0 aromatic carbocycles. The Morgan fingerprint density at radius 2 is 2.16 bits per heavy atom. The monoisotopic (exact) mass is 276 g/mol. The molecular weight excluding hydrogens is 252 g/mol. The van der Waals surface area contributed by atoms with Crippen LogP contribution in [0.2, 0.25) is 0 Å². The molecule has 0 saturated carbocycles. The summed E-state index contributed by atoms with van der Waals surface area (Å²) in [5, 5.41) is 4.94. The number of hydrogen-bond acceptors (Lipinski definition) is 3. The average molecular weight is 276 g/mol. The molecule has 1 aromatic rings. The van der Waals surface area contributed by atoms with Crippen molar-refractivity contribution in [3.05, 3.63) is 27.2 Å². The van der Waals surface area contributed by atoms with Crippen LogP contribution in [0.4, 0.5) is 0 Å². The third-order valence-electron chi connectivity index (χ3n) is 4.26. The molecule has 3 rings (SSSR count). The number of hydrogen-bond donors (Lipinski definition) is 1. The zero-order valence-corrected chi connectivity index (χ0v) is 12.7. The van der Waals surface area contributed by atoms with Crippen LogP contribution in [0.25, 0.3) is 0 Å². The van der Waals surface area contributed by atoms with Gasteiger partial charge in [0.2, 0.25) is 0 Å². The summed E-state index contributed by atoms with van der Waals surface area (Å²) >= 11 is 1.94. The van der Waals surface area contributed by atoms with Gasteiger partial charge in [-0.05, 0) is 64.8 Å². The first-order valence-corrected chi connectivity index (χ1v) is 8.54. The van der Waals surface area contributed by atoms with E-state index in [4.69, 9.17) is 4.98 Å². The quantitative estimate of drug-likeness (QED) is 0.816. The average Bonchev–Trinajstić information content (AvgIpc) is 3.07. The number of aryl methyl sites for hydroxylation is 2. The van der Waals surface area contributed by atoms with Crippen LogP contribution >= 0.6 is 11.3 Å². The van der Waals surface area contributed by atoms with Crippen molar-refractivity contribution in [3.8, 4) is 0 Å². The van der Waals surface area contributed by atoms with E-state index >= 15 is 0 Å². The summed E-state index contributed by atoms with van der Waals surface area (Å²) in [6.07, 6.45) is 12.8. The van der Waals surface area contributed by atoms with Crippen LogP contribution in [-0.4, -0.2) is 11.5 Å². The molecule has 1 atom stereocenters. The van der Waals surface area contributed by atoms with E-state index in [0.29, 0.717) is 6.04 Å². The van der Waals surface area contributed by atoms with Crippen molar-refractivity contribution >= 4 is 11.3 Å². The lowest BCUT2D eigenvalue weighted by molar-refractivity contribution is 0.567. The Morgan fingerprint density at radius 3 is 2.95 bits per heavy atom. The van der Waals surface area contributed by atoms with Crippen LogP contribution < -0.4 is 5.32 Å². The molecule has 0 fully saturated rings. The standard InChI is InChI=1S/C16H24N2S/c1-12(17-11-10-13-6-2-3-7-13)16-18-14-8-4-5-9-15(14)19-16/h6,12,17H,2-5,7-11H2,1H3/t12-/m0/s1. The van der Waals surface area contributed by atoms with Crippen molar-refractivity contribution in [3.63, 3.8) is 0 Å². The lowest BCUT2D eigenvalue weighted by Crippen LogP contribution is -2.20. The SMILES string of the molecule is C[C@H](NCCC1=CCCC1)c1nc2c(s1)CCCC2. The fourth-order valence-electron chi connectivity index (χ4n) is 3.06. The molecule has 0 saturated heterocycles. The van der Waals surface area contributed by atoms with E-state index in [0.717, 1.165) is 6.54 Å². The fraction of sp³-hybridized carbons (Fsp3) is 0.688. The Balaban J connectivity index is 1.51. The number of rotatable bonds is 5. The minimum Gasteiger partial charge on any atom is -0.308 e. The van der Waals surface area contributed by atoms with Gasteiger partial charge in [0.05, 0.1) is 11.7 Å². The third-order valence-corrected chi connectivity index (χ3v) is 5.60. The number of nitrogens with zero attached hydrogens (tertiary/aromatic N) is 1. The first-order valence-electron chi connectivity index (χ1n) is 7.72. The molecule has 2 nitrogen and oxygen atoms in total. The first kappa shape index (κ1) is 13.3. The van der Waals surface area contributed by atoms with Gasteiger partial charge in [0.1, 0.15) is 5.01 Å². The van der Waals surface area contributed by atoms with Gasteiger partial charge in [-0.15, -0.1) is 11.3 Å². The Labute approximate surface area is 120 Å². The second-order valence-corrected chi connectivity index (χ2v) is 6.92. The molecule has 1 aromatic heterocycles. The molecule has 1 N–H and O–H groups in total. The highest BCUT2D eigenvalue weighted by atomic mass is 32.1. The number of nitrogens with one attached hydrogen (secondary N) is 1. The van der Waals surface area contributed by atoms with Crippen molar-refractivity contribution in [1.82, 2.24) is 10.3 Å². The molecule has 2 aliphatic carbocycles. The Bertz CT molecular complexity index is 438. The van der Waals surface area contributed by atoms with Gasteiger partial charge in [-0.3, -0.25) is 0 Å². The Morgan fingerprint density at radius 1 is 1.26 bits per heavy atom. The van der Waals surface area contributed by atoms with Crippen LogP contribution in [0.5, 0.6) is 0 Å². The second-order valence-electron chi connectivity index (χ2n) is 5.81. The summed E-state index contributed by atoms with van der Waals surface area (Å²) in [6, 6.07) is 0.414. The summed E-state index contributed by atoms with van der Waals surface area (Å²) < 4.78 is 0. The molecule has 1 heterocycles. The highest BCUT2D eigenvalue weighted by Gasteiger charge is 2.18. The smallest absolute Gasteiger partial charge is 0.110 e. The van der Waals surface area contributed by atoms with Crippen LogP contribution in [0.1, 0.15) is 67.1 Å². The minimum absolute atomic E-state index is 0.414. The molecule has 104 valence electrons. The predicted octanol–water partition coefficient (Wildman–Crippen LogP) is 4.17. The van der Waals surface area contributed by atoms with Gasteiger partial charge in [0.15, 0.2) is 0 Å². The van der Waals surface area contributed by atoms with Crippen molar-refractivity contribution < 1.29 is 0 Å². The van der Waals surface area contributed by atoms with Gasteiger partial charge in [0.25, 0.3) is 0 Å². The van der Waals surface area contributed by atoms with Crippen LogP contribution in [0.15, 0.2) is 11.6 Å². The van der Waals surface area contributed by atoms with Gasteiger partial charge < -0.3 is 5.32 Å². The molecule has 0 spiro atoms. The van der Waals surface area contributed by atoms with Crippen molar-refractivity contribution in [2.75, 3.05) is 6.54 Å². The molecule has 0 amide bonds. The highest BCUT2D eigenvalue weighted by molar-refractivity contribution is 7.11. The maximum atomic E-state index is 4.84. The summed E-state index contributed by atoms with van der Waals surface area (Å²) in [5.41, 5.74) is 3.04. The summed E-state index contributed by atoms with van der Waals surface area (Å²) in [7, 11) is 0. The molecule has 3 heteroatoms. The highest BCUT2D eigenvalue weighted by Crippen LogP contribution is 2.29. The fourth-order valence-corrected chi connectivity index (χ4v) is 4.24. The maximum Gasteiger partial charge on any atom is 0.110 e. The predicted molar refractivity (Wildman–Crippen MR) is 81.7 cm³/mol.